The smallest absolute Gasteiger partial charge is 0.220 e. The van der Waals surface area contributed by atoms with E-state index in [-0.39, 0.29) is 12.0 Å². The van der Waals surface area contributed by atoms with E-state index in [1.165, 1.54) is 56.2 Å². The number of carbonyl (C=O) groups excluding carboxylic acids is 1. The summed E-state index contributed by atoms with van der Waals surface area (Å²) in [5.41, 5.74) is 2.80. The number of H-pyrrole nitrogens is 1. The molecule has 1 unspecified atom stereocenters. The minimum atomic E-state index is 0.193. The molecule has 3 aliphatic rings. The molecule has 0 bridgehead atoms. The van der Waals surface area contributed by atoms with Crippen LogP contribution in [-0.2, 0) is 16.1 Å². The van der Waals surface area contributed by atoms with Gasteiger partial charge in [0, 0.05) is 43.3 Å². The summed E-state index contributed by atoms with van der Waals surface area (Å²) in [5.74, 6) is 1.56. The Hall–Kier alpha value is -1.40. The van der Waals surface area contributed by atoms with Gasteiger partial charge in [-0.3, -0.25) is 14.8 Å². The molecule has 0 radical (unpaired) electrons. The van der Waals surface area contributed by atoms with Crippen LogP contribution in [0, 0.1) is 5.92 Å². The molecule has 162 valence electrons. The fourth-order valence-electron chi connectivity index (χ4n) is 5.32. The van der Waals surface area contributed by atoms with Crippen molar-refractivity contribution >= 4 is 5.91 Å². The maximum Gasteiger partial charge on any atom is 0.220 e. The van der Waals surface area contributed by atoms with E-state index >= 15 is 0 Å². The third-order valence-corrected chi connectivity index (χ3v) is 7.20. The van der Waals surface area contributed by atoms with Gasteiger partial charge in [0.15, 0.2) is 0 Å². The number of rotatable bonds is 8. The van der Waals surface area contributed by atoms with Crippen molar-refractivity contribution in [2.24, 2.45) is 5.92 Å². The molecule has 3 heterocycles. The number of piperidine rings is 1. The second-order valence-corrected chi connectivity index (χ2v) is 9.34. The number of nitrogens with zero attached hydrogens (tertiary/aromatic N) is 2. The first kappa shape index (κ1) is 20.9. The first-order chi connectivity index (χ1) is 14.3. The highest BCUT2D eigenvalue weighted by Crippen LogP contribution is 2.34. The largest absolute Gasteiger partial charge is 0.376 e. The van der Waals surface area contributed by atoms with Crippen molar-refractivity contribution in [1.29, 1.82) is 0 Å². The Balaban J connectivity index is 1.14. The van der Waals surface area contributed by atoms with Gasteiger partial charge in [0.05, 0.1) is 12.3 Å². The quantitative estimate of drug-likeness (QED) is 0.695. The third-order valence-electron chi connectivity index (χ3n) is 7.20. The monoisotopic (exact) mass is 402 g/mol. The van der Waals surface area contributed by atoms with Crippen LogP contribution in [0.15, 0.2) is 6.20 Å². The van der Waals surface area contributed by atoms with E-state index < -0.39 is 0 Å². The zero-order valence-electron chi connectivity index (χ0n) is 17.8. The second-order valence-electron chi connectivity index (χ2n) is 9.34. The van der Waals surface area contributed by atoms with E-state index in [0.717, 1.165) is 45.5 Å². The van der Waals surface area contributed by atoms with Gasteiger partial charge >= 0.3 is 0 Å². The predicted octanol–water partition coefficient (Wildman–Crippen LogP) is 3.74. The normalized spacial score (nSPS) is 24.8. The van der Waals surface area contributed by atoms with E-state index in [1.807, 2.05) is 0 Å². The Morgan fingerprint density at radius 1 is 1.14 bits per heavy atom. The van der Waals surface area contributed by atoms with E-state index in [2.05, 4.69) is 26.6 Å². The fraction of sp³-hybridized carbons (Fsp3) is 0.826. The van der Waals surface area contributed by atoms with E-state index in [9.17, 15) is 4.79 Å². The van der Waals surface area contributed by atoms with E-state index in [0.29, 0.717) is 24.8 Å². The molecule has 1 saturated carbocycles. The minimum Gasteiger partial charge on any atom is -0.376 e. The summed E-state index contributed by atoms with van der Waals surface area (Å²) < 4.78 is 5.57. The number of nitrogens with one attached hydrogen (secondary N) is 2. The number of hydrogen-bond donors (Lipinski definition) is 2. The fourth-order valence-corrected chi connectivity index (χ4v) is 5.32. The maximum atomic E-state index is 12.1. The van der Waals surface area contributed by atoms with Crippen LogP contribution in [0.25, 0.3) is 0 Å². The van der Waals surface area contributed by atoms with Crippen molar-refractivity contribution in [3.8, 4) is 0 Å². The van der Waals surface area contributed by atoms with Crippen LogP contribution in [0.4, 0.5) is 0 Å². The highest BCUT2D eigenvalue weighted by molar-refractivity contribution is 5.75. The predicted molar refractivity (Wildman–Crippen MR) is 114 cm³/mol. The van der Waals surface area contributed by atoms with Crippen LogP contribution >= 0.6 is 0 Å². The van der Waals surface area contributed by atoms with Gasteiger partial charge in [-0.2, -0.15) is 5.10 Å². The van der Waals surface area contributed by atoms with Crippen molar-refractivity contribution in [3.63, 3.8) is 0 Å². The Bertz CT molecular complexity index is 627. The summed E-state index contributed by atoms with van der Waals surface area (Å²) in [6.45, 7) is 4.83. The topological polar surface area (TPSA) is 70.2 Å². The zero-order chi connectivity index (χ0) is 19.9. The molecule has 0 spiro atoms. The van der Waals surface area contributed by atoms with Gasteiger partial charge in [0.25, 0.3) is 0 Å². The maximum absolute atomic E-state index is 12.1. The van der Waals surface area contributed by atoms with Crippen molar-refractivity contribution in [3.05, 3.63) is 17.5 Å². The molecule has 3 fully saturated rings. The van der Waals surface area contributed by atoms with E-state index in [1.54, 1.807) is 0 Å². The van der Waals surface area contributed by atoms with E-state index in [4.69, 9.17) is 4.74 Å². The standard InChI is InChI=1S/C23H38N4O2/c28-22(24-16-21-7-4-14-29-21)9-8-18-10-12-27(13-11-18)17-20-15-25-26-23(20)19-5-2-1-3-6-19/h15,18-19,21H,1-14,16-17H2,(H,24,28)(H,25,26). The van der Waals surface area contributed by atoms with Crippen LogP contribution in [0.5, 0.6) is 0 Å². The number of likely N-dealkylation sites (tertiary alicyclic amines) is 1. The lowest BCUT2D eigenvalue weighted by molar-refractivity contribution is -0.122. The molecule has 1 aliphatic carbocycles. The second kappa shape index (κ2) is 10.6. The van der Waals surface area contributed by atoms with Crippen LogP contribution in [0.2, 0.25) is 0 Å². The number of aromatic amines is 1. The first-order valence-corrected chi connectivity index (χ1v) is 11.9. The third kappa shape index (κ3) is 6.05. The van der Waals surface area contributed by atoms with Gasteiger partial charge in [-0.25, -0.2) is 0 Å². The molecular formula is C23H38N4O2. The summed E-state index contributed by atoms with van der Waals surface area (Å²) in [5, 5.41) is 10.7. The Morgan fingerprint density at radius 2 is 1.97 bits per heavy atom. The summed E-state index contributed by atoms with van der Waals surface area (Å²) in [6, 6.07) is 0. The summed E-state index contributed by atoms with van der Waals surface area (Å²) in [6.07, 6.45) is 15.3. The van der Waals surface area contributed by atoms with Crippen LogP contribution in [0.1, 0.15) is 87.8 Å². The molecule has 2 aliphatic heterocycles. The molecule has 4 rings (SSSR count). The lowest BCUT2D eigenvalue weighted by Crippen LogP contribution is -2.35. The van der Waals surface area contributed by atoms with Crippen LogP contribution < -0.4 is 5.32 Å². The number of amides is 1. The van der Waals surface area contributed by atoms with Gasteiger partial charge in [0.1, 0.15) is 0 Å². The van der Waals surface area contributed by atoms with Crippen LogP contribution in [-0.4, -0.2) is 53.3 Å². The highest BCUT2D eigenvalue weighted by Gasteiger charge is 2.24. The lowest BCUT2D eigenvalue weighted by Gasteiger charge is -2.32. The molecule has 1 amide bonds. The van der Waals surface area contributed by atoms with Crippen molar-refractivity contribution < 1.29 is 9.53 Å². The number of aromatic nitrogens is 2. The van der Waals surface area contributed by atoms with Gasteiger partial charge in [0.2, 0.25) is 5.91 Å². The molecule has 1 aromatic heterocycles. The summed E-state index contributed by atoms with van der Waals surface area (Å²) in [7, 11) is 0. The Labute approximate surface area is 175 Å². The molecule has 29 heavy (non-hydrogen) atoms. The molecule has 2 N–H and O–H groups in total. The highest BCUT2D eigenvalue weighted by atomic mass is 16.5. The summed E-state index contributed by atoms with van der Waals surface area (Å²) in [4.78, 5) is 14.7. The minimum absolute atomic E-state index is 0.193. The van der Waals surface area contributed by atoms with Crippen LogP contribution in [0.3, 0.4) is 0 Å². The van der Waals surface area contributed by atoms with Gasteiger partial charge in [-0.15, -0.1) is 0 Å². The molecule has 6 heteroatoms. The zero-order valence-corrected chi connectivity index (χ0v) is 17.8. The van der Waals surface area contributed by atoms with Crippen molar-refractivity contribution in [2.75, 3.05) is 26.2 Å². The molecular weight excluding hydrogens is 364 g/mol. The molecule has 1 atom stereocenters. The molecule has 6 nitrogen and oxygen atoms in total. The molecule has 2 saturated heterocycles. The lowest BCUT2D eigenvalue weighted by atomic mass is 9.85. The van der Waals surface area contributed by atoms with Crippen molar-refractivity contribution in [1.82, 2.24) is 20.4 Å². The summed E-state index contributed by atoms with van der Waals surface area (Å²) >= 11 is 0. The SMILES string of the molecule is O=C(CCC1CCN(Cc2cn[nH]c2C2CCCCC2)CC1)NCC1CCCO1. The first-order valence-electron chi connectivity index (χ1n) is 11.9. The average molecular weight is 403 g/mol. The Kier molecular flexibility index (Phi) is 7.61. The Morgan fingerprint density at radius 3 is 2.72 bits per heavy atom. The van der Waals surface area contributed by atoms with Gasteiger partial charge in [-0.1, -0.05) is 19.3 Å². The van der Waals surface area contributed by atoms with Gasteiger partial charge < -0.3 is 10.1 Å². The van der Waals surface area contributed by atoms with Gasteiger partial charge in [-0.05, 0) is 64.0 Å². The molecule has 0 aromatic carbocycles. The number of hydrogen-bond acceptors (Lipinski definition) is 4. The number of ether oxygens (including phenoxy) is 1. The number of carbonyl (C=O) groups is 1. The van der Waals surface area contributed by atoms with Crippen molar-refractivity contribution in [2.45, 2.75) is 89.2 Å². The average Bonchev–Trinajstić information content (AvgIpc) is 3.44. The molecule has 1 aromatic rings.